The summed E-state index contributed by atoms with van der Waals surface area (Å²) in [6.45, 7) is 11.9. The van der Waals surface area contributed by atoms with E-state index in [0.717, 1.165) is 33.6 Å². The van der Waals surface area contributed by atoms with Gasteiger partial charge in [-0.15, -0.1) is 0 Å². The highest BCUT2D eigenvalue weighted by Crippen LogP contribution is 2.35. The Labute approximate surface area is 201 Å². The fraction of sp³-hybridized carbons (Fsp3) is 0.241. The van der Waals surface area contributed by atoms with Gasteiger partial charge in [-0.25, -0.2) is 4.90 Å². The van der Waals surface area contributed by atoms with Crippen LogP contribution in [0.5, 0.6) is 5.75 Å². The average molecular weight is 455 g/mol. The largest absolute Gasteiger partial charge is 0.491 e. The van der Waals surface area contributed by atoms with Gasteiger partial charge in [0.05, 0.1) is 17.4 Å². The molecule has 0 unspecified atom stereocenters. The third-order valence-corrected chi connectivity index (χ3v) is 5.84. The predicted octanol–water partition coefficient (Wildman–Crippen LogP) is 6.10. The second-order valence-corrected chi connectivity index (χ2v) is 9.16. The van der Waals surface area contributed by atoms with E-state index < -0.39 is 0 Å². The van der Waals surface area contributed by atoms with Crippen molar-refractivity contribution in [3.63, 3.8) is 0 Å². The SMILES string of the molecule is Cc1cc(C)cc(N2C(=O)C(Nc3ccc(OC(C)C)cc3)=C(c3ccc(C)c(C)c3)C2=O)c1. The molecule has 1 heterocycles. The molecular formula is C29H30N2O3. The highest BCUT2D eigenvalue weighted by atomic mass is 16.5. The lowest BCUT2D eigenvalue weighted by molar-refractivity contribution is -0.120. The molecule has 0 radical (unpaired) electrons. The van der Waals surface area contributed by atoms with Crippen molar-refractivity contribution in [2.24, 2.45) is 0 Å². The zero-order valence-corrected chi connectivity index (χ0v) is 20.5. The maximum Gasteiger partial charge on any atom is 0.282 e. The lowest BCUT2D eigenvalue weighted by Crippen LogP contribution is -2.32. The fourth-order valence-corrected chi connectivity index (χ4v) is 4.16. The summed E-state index contributed by atoms with van der Waals surface area (Å²) in [5.41, 5.74) is 6.81. The van der Waals surface area contributed by atoms with Crippen LogP contribution in [-0.4, -0.2) is 17.9 Å². The van der Waals surface area contributed by atoms with Crippen LogP contribution in [0.15, 0.2) is 66.4 Å². The number of nitrogens with one attached hydrogen (secondary N) is 1. The van der Waals surface area contributed by atoms with E-state index in [2.05, 4.69) is 5.32 Å². The molecule has 0 aromatic heterocycles. The first-order valence-electron chi connectivity index (χ1n) is 11.5. The first-order chi connectivity index (χ1) is 16.1. The number of ether oxygens (including phenoxy) is 1. The standard InChI is InChI=1S/C29H30N2O3/c1-17(2)34-25-11-9-23(10-12-25)30-27-26(22-8-7-20(5)21(6)16-22)28(32)31(29(27)33)24-14-18(3)13-19(4)15-24/h7-17,30H,1-6H3. The second-order valence-electron chi connectivity index (χ2n) is 9.16. The Kier molecular flexibility index (Phi) is 6.29. The molecule has 0 aliphatic carbocycles. The molecule has 3 aromatic rings. The van der Waals surface area contributed by atoms with Gasteiger partial charge in [0, 0.05) is 5.69 Å². The van der Waals surface area contributed by atoms with Crippen molar-refractivity contribution in [1.82, 2.24) is 0 Å². The summed E-state index contributed by atoms with van der Waals surface area (Å²) >= 11 is 0. The van der Waals surface area contributed by atoms with E-state index in [4.69, 9.17) is 4.74 Å². The molecule has 0 spiro atoms. The van der Waals surface area contributed by atoms with E-state index in [1.54, 1.807) is 0 Å². The van der Waals surface area contributed by atoms with Gasteiger partial charge in [0.15, 0.2) is 0 Å². The van der Waals surface area contributed by atoms with Gasteiger partial charge in [-0.2, -0.15) is 0 Å². The van der Waals surface area contributed by atoms with E-state index in [-0.39, 0.29) is 23.6 Å². The van der Waals surface area contributed by atoms with Crippen LogP contribution in [0.1, 0.15) is 41.7 Å². The van der Waals surface area contributed by atoms with Gasteiger partial charge in [-0.05, 0) is 106 Å². The molecule has 0 fully saturated rings. The van der Waals surface area contributed by atoms with Crippen LogP contribution < -0.4 is 15.0 Å². The Morgan fingerprint density at radius 1 is 0.765 bits per heavy atom. The summed E-state index contributed by atoms with van der Waals surface area (Å²) in [7, 11) is 0. The molecule has 1 aliphatic rings. The van der Waals surface area contributed by atoms with Crippen LogP contribution in [0.2, 0.25) is 0 Å². The van der Waals surface area contributed by atoms with Gasteiger partial charge < -0.3 is 10.1 Å². The smallest absolute Gasteiger partial charge is 0.282 e. The lowest BCUT2D eigenvalue weighted by atomic mass is 9.99. The lowest BCUT2D eigenvalue weighted by Gasteiger charge is -2.17. The number of carbonyl (C=O) groups excluding carboxylic acids is 2. The molecule has 0 atom stereocenters. The van der Waals surface area contributed by atoms with Gasteiger partial charge in [0.2, 0.25) is 0 Å². The topological polar surface area (TPSA) is 58.6 Å². The fourth-order valence-electron chi connectivity index (χ4n) is 4.16. The van der Waals surface area contributed by atoms with Crippen LogP contribution in [0.4, 0.5) is 11.4 Å². The van der Waals surface area contributed by atoms with Crippen LogP contribution in [0.3, 0.4) is 0 Å². The molecule has 1 aliphatic heterocycles. The first-order valence-corrected chi connectivity index (χ1v) is 11.5. The van der Waals surface area contributed by atoms with Crippen molar-refractivity contribution in [3.05, 3.63) is 94.2 Å². The van der Waals surface area contributed by atoms with Crippen molar-refractivity contribution < 1.29 is 14.3 Å². The summed E-state index contributed by atoms with van der Waals surface area (Å²) in [5.74, 6) is 0.0425. The number of benzene rings is 3. The molecule has 4 rings (SSSR count). The van der Waals surface area contributed by atoms with Gasteiger partial charge in [0.1, 0.15) is 11.4 Å². The predicted molar refractivity (Wildman–Crippen MR) is 137 cm³/mol. The Balaban J connectivity index is 1.78. The van der Waals surface area contributed by atoms with Crippen LogP contribution in [0, 0.1) is 27.7 Å². The molecular weight excluding hydrogens is 424 g/mol. The van der Waals surface area contributed by atoms with E-state index in [0.29, 0.717) is 16.9 Å². The number of hydrogen-bond acceptors (Lipinski definition) is 4. The normalized spacial score (nSPS) is 13.8. The molecule has 0 bridgehead atoms. The zero-order valence-electron chi connectivity index (χ0n) is 20.5. The quantitative estimate of drug-likeness (QED) is 0.457. The number of rotatable bonds is 6. The number of aryl methyl sites for hydroxylation is 4. The maximum atomic E-state index is 13.7. The number of hydrogen-bond donors (Lipinski definition) is 1. The summed E-state index contributed by atoms with van der Waals surface area (Å²) in [6, 6.07) is 19.0. The minimum Gasteiger partial charge on any atom is -0.491 e. The van der Waals surface area contributed by atoms with Crippen LogP contribution in [0.25, 0.3) is 5.57 Å². The second kappa shape index (κ2) is 9.18. The summed E-state index contributed by atoms with van der Waals surface area (Å²) in [6.07, 6.45) is 0.0678. The Morgan fingerprint density at radius 2 is 1.41 bits per heavy atom. The summed E-state index contributed by atoms with van der Waals surface area (Å²) in [5, 5.41) is 3.23. The van der Waals surface area contributed by atoms with E-state index in [1.165, 1.54) is 4.90 Å². The minimum atomic E-state index is -0.370. The zero-order chi connectivity index (χ0) is 24.6. The monoisotopic (exact) mass is 454 g/mol. The Morgan fingerprint density at radius 3 is 2.00 bits per heavy atom. The molecule has 34 heavy (non-hydrogen) atoms. The first kappa shape index (κ1) is 23.3. The van der Waals surface area contributed by atoms with Crippen LogP contribution >= 0.6 is 0 Å². The third kappa shape index (κ3) is 4.60. The van der Waals surface area contributed by atoms with Crippen LogP contribution in [-0.2, 0) is 9.59 Å². The molecule has 0 saturated heterocycles. The number of imide groups is 1. The number of anilines is 2. The Bertz CT molecular complexity index is 1280. The van der Waals surface area contributed by atoms with Gasteiger partial charge in [-0.3, -0.25) is 9.59 Å². The number of carbonyl (C=O) groups is 2. The molecule has 5 heteroatoms. The van der Waals surface area contributed by atoms with Gasteiger partial charge in [-0.1, -0.05) is 24.3 Å². The maximum absolute atomic E-state index is 13.7. The van der Waals surface area contributed by atoms with Crippen molar-refractivity contribution in [1.29, 1.82) is 0 Å². The van der Waals surface area contributed by atoms with Crippen molar-refractivity contribution in [3.8, 4) is 5.75 Å². The van der Waals surface area contributed by atoms with Crippen molar-refractivity contribution in [2.75, 3.05) is 10.2 Å². The highest BCUT2D eigenvalue weighted by Gasteiger charge is 2.40. The van der Waals surface area contributed by atoms with Gasteiger partial charge in [0.25, 0.3) is 11.8 Å². The molecule has 2 amide bonds. The number of nitrogens with zero attached hydrogens (tertiary/aromatic N) is 1. The van der Waals surface area contributed by atoms with E-state index in [9.17, 15) is 9.59 Å². The summed E-state index contributed by atoms with van der Waals surface area (Å²) in [4.78, 5) is 28.6. The minimum absolute atomic E-state index is 0.0678. The van der Waals surface area contributed by atoms with E-state index >= 15 is 0 Å². The molecule has 5 nitrogen and oxygen atoms in total. The van der Waals surface area contributed by atoms with Gasteiger partial charge >= 0.3 is 0 Å². The Hall–Kier alpha value is -3.86. The molecule has 0 saturated carbocycles. The van der Waals surface area contributed by atoms with Crippen molar-refractivity contribution in [2.45, 2.75) is 47.6 Å². The summed E-state index contributed by atoms with van der Waals surface area (Å²) < 4.78 is 5.72. The average Bonchev–Trinajstić information content (AvgIpc) is 3.00. The van der Waals surface area contributed by atoms with Crippen molar-refractivity contribution >= 4 is 28.8 Å². The molecule has 174 valence electrons. The highest BCUT2D eigenvalue weighted by molar-refractivity contribution is 6.46. The van der Waals surface area contributed by atoms with E-state index in [1.807, 2.05) is 102 Å². The molecule has 1 N–H and O–H groups in total. The number of amides is 2. The molecule has 3 aromatic carbocycles. The third-order valence-electron chi connectivity index (χ3n) is 5.84.